The predicted molar refractivity (Wildman–Crippen MR) is 80.5 cm³/mol. The summed E-state index contributed by atoms with van der Waals surface area (Å²) >= 11 is 0. The molecule has 0 bridgehead atoms. The third-order valence-corrected chi connectivity index (χ3v) is 4.38. The molecule has 1 N–H and O–H groups in total. The summed E-state index contributed by atoms with van der Waals surface area (Å²) < 4.78 is 11.4. The summed E-state index contributed by atoms with van der Waals surface area (Å²) in [5, 5.41) is 3.42. The Morgan fingerprint density at radius 2 is 1.85 bits per heavy atom. The molecular weight excluding hydrogens is 250 g/mol. The van der Waals surface area contributed by atoms with Crippen LogP contribution < -0.4 is 14.8 Å². The van der Waals surface area contributed by atoms with E-state index in [-0.39, 0.29) is 0 Å². The Balaban J connectivity index is 1.62. The van der Waals surface area contributed by atoms with Crippen LogP contribution in [0.25, 0.3) is 0 Å². The minimum atomic E-state index is 0.772. The van der Waals surface area contributed by atoms with Crippen molar-refractivity contribution in [2.24, 2.45) is 11.8 Å². The number of hydrogen-bond donors (Lipinski definition) is 1. The van der Waals surface area contributed by atoms with Crippen molar-refractivity contribution >= 4 is 0 Å². The van der Waals surface area contributed by atoms with E-state index >= 15 is 0 Å². The molecule has 1 aromatic carbocycles. The third kappa shape index (κ3) is 3.66. The van der Waals surface area contributed by atoms with Crippen molar-refractivity contribution in [1.82, 2.24) is 5.32 Å². The number of rotatable bonds is 6. The first-order valence-corrected chi connectivity index (χ1v) is 7.85. The number of benzene rings is 1. The van der Waals surface area contributed by atoms with E-state index in [2.05, 4.69) is 23.5 Å². The van der Waals surface area contributed by atoms with Crippen molar-refractivity contribution in [3.05, 3.63) is 23.8 Å². The monoisotopic (exact) mass is 275 g/mol. The largest absolute Gasteiger partial charge is 0.493 e. The standard InChI is InChI=1S/C17H25NO2/c1-19-17-11-15(10-13-6-8-18-9-7-13)4-5-16(17)20-12-14-2-3-14/h4-5,11,13-14,18H,2-3,6-10,12H2,1H3. The second kappa shape index (κ2) is 6.49. The van der Waals surface area contributed by atoms with E-state index in [0.29, 0.717) is 0 Å². The van der Waals surface area contributed by atoms with E-state index in [0.717, 1.165) is 49.5 Å². The van der Waals surface area contributed by atoms with Crippen molar-refractivity contribution in [3.8, 4) is 11.5 Å². The van der Waals surface area contributed by atoms with Gasteiger partial charge >= 0.3 is 0 Å². The molecule has 0 aromatic heterocycles. The Morgan fingerprint density at radius 1 is 1.05 bits per heavy atom. The molecule has 1 heterocycles. The molecule has 0 radical (unpaired) electrons. The maximum Gasteiger partial charge on any atom is 0.161 e. The SMILES string of the molecule is COc1cc(CC2CCNCC2)ccc1OCC1CC1. The van der Waals surface area contributed by atoms with Crippen molar-refractivity contribution in [1.29, 1.82) is 0 Å². The van der Waals surface area contributed by atoms with Crippen LogP contribution in [0.3, 0.4) is 0 Å². The molecule has 20 heavy (non-hydrogen) atoms. The van der Waals surface area contributed by atoms with E-state index in [9.17, 15) is 0 Å². The van der Waals surface area contributed by atoms with Gasteiger partial charge in [0, 0.05) is 0 Å². The van der Waals surface area contributed by atoms with Gasteiger partial charge in [0.05, 0.1) is 13.7 Å². The Bertz CT molecular complexity index is 437. The van der Waals surface area contributed by atoms with Gasteiger partial charge in [0.2, 0.25) is 0 Å². The van der Waals surface area contributed by atoms with Crippen molar-refractivity contribution in [3.63, 3.8) is 0 Å². The van der Waals surface area contributed by atoms with Crippen LogP contribution in [-0.4, -0.2) is 26.8 Å². The molecule has 1 aromatic rings. The summed E-state index contributed by atoms with van der Waals surface area (Å²) in [6.45, 7) is 3.15. The minimum absolute atomic E-state index is 0.772. The molecule has 0 amide bonds. The van der Waals surface area contributed by atoms with Gasteiger partial charge < -0.3 is 14.8 Å². The number of ether oxygens (including phenoxy) is 2. The number of piperidine rings is 1. The molecule has 1 saturated carbocycles. The summed E-state index contributed by atoms with van der Waals surface area (Å²) in [7, 11) is 1.73. The smallest absolute Gasteiger partial charge is 0.161 e. The highest BCUT2D eigenvalue weighted by atomic mass is 16.5. The molecule has 3 heteroatoms. The molecule has 0 atom stereocenters. The highest BCUT2D eigenvalue weighted by Gasteiger charge is 2.22. The van der Waals surface area contributed by atoms with Crippen LogP contribution in [-0.2, 0) is 6.42 Å². The molecule has 1 aliphatic carbocycles. The molecule has 3 rings (SSSR count). The Morgan fingerprint density at radius 3 is 2.55 bits per heavy atom. The fourth-order valence-electron chi connectivity index (χ4n) is 2.87. The van der Waals surface area contributed by atoms with Crippen LogP contribution in [0, 0.1) is 11.8 Å². The lowest BCUT2D eigenvalue weighted by Crippen LogP contribution is -2.28. The molecule has 2 fully saturated rings. The van der Waals surface area contributed by atoms with Crippen LogP contribution in [0.15, 0.2) is 18.2 Å². The molecule has 2 aliphatic rings. The van der Waals surface area contributed by atoms with Gasteiger partial charge in [-0.2, -0.15) is 0 Å². The van der Waals surface area contributed by atoms with Crippen molar-refractivity contribution < 1.29 is 9.47 Å². The van der Waals surface area contributed by atoms with E-state index in [1.807, 2.05) is 0 Å². The van der Waals surface area contributed by atoms with Crippen LogP contribution in [0.5, 0.6) is 11.5 Å². The average Bonchev–Trinajstić information content (AvgIpc) is 3.31. The zero-order valence-corrected chi connectivity index (χ0v) is 12.4. The van der Waals surface area contributed by atoms with Gasteiger partial charge in [0.15, 0.2) is 11.5 Å². The second-order valence-electron chi connectivity index (χ2n) is 6.14. The highest BCUT2D eigenvalue weighted by Crippen LogP contribution is 2.34. The molecule has 0 spiro atoms. The van der Waals surface area contributed by atoms with Crippen LogP contribution in [0.2, 0.25) is 0 Å². The first-order valence-electron chi connectivity index (χ1n) is 7.85. The van der Waals surface area contributed by atoms with E-state index < -0.39 is 0 Å². The summed E-state index contributed by atoms with van der Waals surface area (Å²) in [5.41, 5.74) is 1.37. The van der Waals surface area contributed by atoms with Gasteiger partial charge in [-0.25, -0.2) is 0 Å². The van der Waals surface area contributed by atoms with E-state index in [1.54, 1.807) is 7.11 Å². The maximum absolute atomic E-state index is 5.86. The zero-order chi connectivity index (χ0) is 13.8. The highest BCUT2D eigenvalue weighted by molar-refractivity contribution is 5.43. The van der Waals surface area contributed by atoms with E-state index in [1.165, 1.54) is 31.2 Å². The summed E-state index contributed by atoms with van der Waals surface area (Å²) in [6, 6.07) is 6.44. The quantitative estimate of drug-likeness (QED) is 0.865. The Kier molecular flexibility index (Phi) is 4.46. The fourth-order valence-corrected chi connectivity index (χ4v) is 2.87. The summed E-state index contributed by atoms with van der Waals surface area (Å²) in [4.78, 5) is 0. The summed E-state index contributed by atoms with van der Waals surface area (Å²) in [5.74, 6) is 3.36. The first-order chi connectivity index (χ1) is 9.85. The van der Waals surface area contributed by atoms with Gasteiger partial charge in [-0.1, -0.05) is 6.07 Å². The van der Waals surface area contributed by atoms with Gasteiger partial charge in [-0.05, 0) is 74.7 Å². The van der Waals surface area contributed by atoms with Crippen LogP contribution in [0.4, 0.5) is 0 Å². The number of nitrogens with one attached hydrogen (secondary N) is 1. The lowest BCUT2D eigenvalue weighted by molar-refractivity contribution is 0.280. The van der Waals surface area contributed by atoms with Gasteiger partial charge in [0.25, 0.3) is 0 Å². The zero-order valence-electron chi connectivity index (χ0n) is 12.4. The Labute approximate surface area is 121 Å². The number of methoxy groups -OCH3 is 1. The molecular formula is C17H25NO2. The van der Waals surface area contributed by atoms with Crippen molar-refractivity contribution in [2.75, 3.05) is 26.8 Å². The van der Waals surface area contributed by atoms with Crippen LogP contribution in [0.1, 0.15) is 31.2 Å². The summed E-state index contributed by atoms with van der Waals surface area (Å²) in [6.07, 6.45) is 6.34. The first kappa shape index (κ1) is 13.7. The molecule has 1 saturated heterocycles. The third-order valence-electron chi connectivity index (χ3n) is 4.38. The van der Waals surface area contributed by atoms with Gasteiger partial charge in [0.1, 0.15) is 0 Å². The Hall–Kier alpha value is -1.22. The molecule has 3 nitrogen and oxygen atoms in total. The topological polar surface area (TPSA) is 30.5 Å². The molecule has 0 unspecified atom stereocenters. The fraction of sp³-hybridized carbons (Fsp3) is 0.647. The minimum Gasteiger partial charge on any atom is -0.493 e. The second-order valence-corrected chi connectivity index (χ2v) is 6.14. The van der Waals surface area contributed by atoms with Crippen LogP contribution >= 0.6 is 0 Å². The average molecular weight is 275 g/mol. The van der Waals surface area contributed by atoms with Gasteiger partial charge in [-0.15, -0.1) is 0 Å². The lowest BCUT2D eigenvalue weighted by Gasteiger charge is -2.23. The maximum atomic E-state index is 5.86. The number of hydrogen-bond acceptors (Lipinski definition) is 3. The van der Waals surface area contributed by atoms with E-state index in [4.69, 9.17) is 9.47 Å². The lowest BCUT2D eigenvalue weighted by atomic mass is 9.91. The normalized spacial score (nSPS) is 19.9. The molecule has 110 valence electrons. The predicted octanol–water partition coefficient (Wildman–Crippen LogP) is 3.03. The van der Waals surface area contributed by atoms with Crippen molar-refractivity contribution in [2.45, 2.75) is 32.1 Å². The molecule has 1 aliphatic heterocycles. The van der Waals surface area contributed by atoms with Gasteiger partial charge in [-0.3, -0.25) is 0 Å².